The van der Waals surface area contributed by atoms with Crippen LogP contribution < -0.4 is 5.32 Å². The molecule has 5 heteroatoms. The van der Waals surface area contributed by atoms with Gasteiger partial charge in [0.15, 0.2) is 0 Å². The van der Waals surface area contributed by atoms with Crippen LogP contribution >= 0.6 is 11.5 Å². The predicted molar refractivity (Wildman–Crippen MR) is 72.4 cm³/mol. The molecule has 17 heavy (non-hydrogen) atoms. The van der Waals surface area contributed by atoms with Gasteiger partial charge in [-0.3, -0.25) is 0 Å². The number of aromatic nitrogens is 2. The molecule has 4 nitrogen and oxygen atoms in total. The first-order valence-electron chi connectivity index (χ1n) is 6.53. The van der Waals surface area contributed by atoms with Crippen LogP contribution in [0.15, 0.2) is 0 Å². The molecule has 1 aliphatic rings. The number of rotatable bonds is 7. The summed E-state index contributed by atoms with van der Waals surface area (Å²) in [6, 6.07) is 0. The summed E-state index contributed by atoms with van der Waals surface area (Å²) in [7, 11) is 2.18. The minimum atomic E-state index is 0.915. The number of hydrogen-bond donors (Lipinski definition) is 1. The van der Waals surface area contributed by atoms with E-state index in [2.05, 4.69) is 33.8 Å². The third-order valence-corrected chi connectivity index (χ3v) is 4.03. The molecule has 2 rings (SSSR count). The zero-order valence-electron chi connectivity index (χ0n) is 10.8. The van der Waals surface area contributed by atoms with Crippen LogP contribution in [0.2, 0.25) is 0 Å². The fourth-order valence-electron chi connectivity index (χ4n) is 2.12. The van der Waals surface area contributed by atoms with Gasteiger partial charge in [0.25, 0.3) is 0 Å². The van der Waals surface area contributed by atoms with E-state index in [1.54, 1.807) is 0 Å². The van der Waals surface area contributed by atoms with Crippen molar-refractivity contribution in [3.05, 3.63) is 5.69 Å². The van der Waals surface area contributed by atoms with Crippen molar-refractivity contribution in [2.24, 2.45) is 5.92 Å². The zero-order chi connectivity index (χ0) is 12.1. The van der Waals surface area contributed by atoms with Crippen LogP contribution in [0.5, 0.6) is 0 Å². The molecule has 1 aliphatic carbocycles. The number of nitrogens with zero attached hydrogens (tertiary/aromatic N) is 3. The lowest BCUT2D eigenvalue weighted by molar-refractivity contribution is 0.199. The monoisotopic (exact) mass is 254 g/mol. The van der Waals surface area contributed by atoms with E-state index < -0.39 is 0 Å². The van der Waals surface area contributed by atoms with E-state index in [0.29, 0.717) is 0 Å². The molecule has 1 N–H and O–H groups in total. The van der Waals surface area contributed by atoms with Crippen LogP contribution in [0.3, 0.4) is 0 Å². The summed E-state index contributed by atoms with van der Waals surface area (Å²) in [5.74, 6) is 0.915. The lowest BCUT2D eigenvalue weighted by atomic mass is 9.85. The van der Waals surface area contributed by atoms with Gasteiger partial charge in [0.2, 0.25) is 0 Å². The van der Waals surface area contributed by atoms with E-state index in [9.17, 15) is 0 Å². The fraction of sp³-hybridized carbons (Fsp3) is 0.833. The van der Waals surface area contributed by atoms with E-state index in [1.165, 1.54) is 37.3 Å². The largest absolute Gasteiger partial charge is 0.374 e. The van der Waals surface area contributed by atoms with Gasteiger partial charge in [-0.05, 0) is 32.2 Å². The van der Waals surface area contributed by atoms with Gasteiger partial charge in [-0.25, -0.2) is 0 Å². The molecule has 96 valence electrons. The second-order valence-electron chi connectivity index (χ2n) is 4.97. The molecule has 0 saturated heterocycles. The highest BCUT2D eigenvalue weighted by Gasteiger charge is 2.20. The van der Waals surface area contributed by atoms with Crippen molar-refractivity contribution in [2.75, 3.05) is 25.5 Å². The summed E-state index contributed by atoms with van der Waals surface area (Å²) < 4.78 is 4.04. The molecule has 0 aliphatic heterocycles. The molecule has 0 unspecified atom stereocenters. The molecule has 1 aromatic rings. The normalized spacial score (nSPS) is 16.2. The molecule has 0 spiro atoms. The summed E-state index contributed by atoms with van der Waals surface area (Å²) in [5, 5.41) is 8.77. The Morgan fingerprint density at radius 3 is 2.94 bits per heavy atom. The Morgan fingerprint density at radius 1 is 1.47 bits per heavy atom. The number of nitrogens with one attached hydrogen (secondary N) is 1. The first-order valence-corrected chi connectivity index (χ1v) is 7.30. The molecular weight excluding hydrogens is 232 g/mol. The van der Waals surface area contributed by atoms with Crippen molar-refractivity contribution in [2.45, 2.75) is 39.2 Å². The molecule has 0 radical (unpaired) electrons. The molecule has 1 aromatic heterocycles. The first kappa shape index (κ1) is 12.8. The van der Waals surface area contributed by atoms with Crippen LogP contribution in [0.4, 0.5) is 5.00 Å². The van der Waals surface area contributed by atoms with E-state index in [4.69, 9.17) is 0 Å². The predicted octanol–water partition coefficient (Wildman–Crippen LogP) is 2.59. The topological polar surface area (TPSA) is 41.1 Å². The van der Waals surface area contributed by atoms with Gasteiger partial charge in [-0.15, -0.1) is 5.10 Å². The van der Waals surface area contributed by atoms with E-state index in [1.807, 2.05) is 0 Å². The molecule has 0 amide bonds. The van der Waals surface area contributed by atoms with Crippen molar-refractivity contribution >= 4 is 16.5 Å². The quantitative estimate of drug-likeness (QED) is 0.812. The molecule has 0 bridgehead atoms. The van der Waals surface area contributed by atoms with E-state index in [0.717, 1.165) is 36.1 Å². The van der Waals surface area contributed by atoms with Gasteiger partial charge in [-0.2, -0.15) is 0 Å². The third kappa shape index (κ3) is 3.64. The van der Waals surface area contributed by atoms with Crippen LogP contribution in [-0.4, -0.2) is 34.6 Å². The maximum atomic E-state index is 4.22. The van der Waals surface area contributed by atoms with Gasteiger partial charge in [0.1, 0.15) is 10.7 Å². The Kier molecular flexibility index (Phi) is 4.74. The van der Waals surface area contributed by atoms with E-state index in [-0.39, 0.29) is 0 Å². The Balaban J connectivity index is 1.81. The standard InChI is InChI=1S/C12H22N4S/c1-3-7-13-12-11(14-15-17-12)9-16(2)8-10-5-4-6-10/h10,13H,3-9H2,1-2H3. The van der Waals surface area contributed by atoms with E-state index >= 15 is 0 Å². The molecule has 0 aromatic carbocycles. The summed E-state index contributed by atoms with van der Waals surface area (Å²) in [5.41, 5.74) is 1.10. The minimum Gasteiger partial charge on any atom is -0.374 e. The number of hydrogen-bond acceptors (Lipinski definition) is 5. The first-order chi connectivity index (χ1) is 8.29. The highest BCUT2D eigenvalue weighted by atomic mass is 32.1. The van der Waals surface area contributed by atoms with Crippen LogP contribution in [0.1, 0.15) is 38.3 Å². The van der Waals surface area contributed by atoms with Crippen molar-refractivity contribution in [1.29, 1.82) is 0 Å². The van der Waals surface area contributed by atoms with Crippen molar-refractivity contribution in [1.82, 2.24) is 14.5 Å². The SMILES string of the molecule is CCCNc1snnc1CN(C)CC1CCC1. The minimum absolute atomic E-state index is 0.915. The van der Waals surface area contributed by atoms with Crippen molar-refractivity contribution in [3.8, 4) is 0 Å². The average Bonchev–Trinajstić information content (AvgIpc) is 2.68. The second kappa shape index (κ2) is 6.31. The summed E-state index contributed by atoms with van der Waals surface area (Å²) >= 11 is 1.47. The molecule has 0 atom stereocenters. The Morgan fingerprint density at radius 2 is 2.29 bits per heavy atom. The molecular formula is C12H22N4S. The van der Waals surface area contributed by atoms with Gasteiger partial charge < -0.3 is 10.2 Å². The Hall–Kier alpha value is -0.680. The molecule has 1 saturated carbocycles. The van der Waals surface area contributed by atoms with Gasteiger partial charge >= 0.3 is 0 Å². The maximum absolute atomic E-state index is 4.22. The lowest BCUT2D eigenvalue weighted by Gasteiger charge is -2.29. The second-order valence-corrected chi connectivity index (χ2v) is 5.72. The zero-order valence-corrected chi connectivity index (χ0v) is 11.6. The maximum Gasteiger partial charge on any atom is 0.134 e. The lowest BCUT2D eigenvalue weighted by Crippen LogP contribution is -2.29. The highest BCUT2D eigenvalue weighted by Crippen LogP contribution is 2.27. The average molecular weight is 254 g/mol. The summed E-state index contributed by atoms with van der Waals surface area (Å²) in [6.07, 6.45) is 5.36. The Labute approximate surface area is 108 Å². The van der Waals surface area contributed by atoms with Gasteiger partial charge in [0, 0.05) is 31.2 Å². The fourth-order valence-corrected chi connectivity index (χ4v) is 2.72. The summed E-state index contributed by atoms with van der Waals surface area (Å²) in [6.45, 7) is 5.29. The van der Waals surface area contributed by atoms with Crippen LogP contribution in [0, 0.1) is 5.92 Å². The van der Waals surface area contributed by atoms with Crippen molar-refractivity contribution < 1.29 is 0 Å². The summed E-state index contributed by atoms with van der Waals surface area (Å²) in [4.78, 5) is 2.37. The number of anilines is 1. The van der Waals surface area contributed by atoms with Gasteiger partial charge in [-0.1, -0.05) is 17.8 Å². The molecule has 1 fully saturated rings. The highest BCUT2D eigenvalue weighted by molar-refractivity contribution is 7.10. The van der Waals surface area contributed by atoms with Crippen LogP contribution in [0.25, 0.3) is 0 Å². The molecule has 1 heterocycles. The Bertz CT molecular complexity index is 335. The smallest absolute Gasteiger partial charge is 0.134 e. The van der Waals surface area contributed by atoms with Crippen molar-refractivity contribution in [3.63, 3.8) is 0 Å². The van der Waals surface area contributed by atoms with Gasteiger partial charge in [0.05, 0.1) is 0 Å². The third-order valence-electron chi connectivity index (χ3n) is 3.31. The van der Waals surface area contributed by atoms with Crippen LogP contribution in [-0.2, 0) is 6.54 Å².